The number of nitrogens with zero attached hydrogens (tertiary/aromatic N) is 1. The molecule has 1 fully saturated rings. The van der Waals surface area contributed by atoms with E-state index >= 15 is 0 Å². The maximum atomic E-state index is 11.2. The van der Waals surface area contributed by atoms with Crippen LogP contribution in [0, 0.1) is 0 Å². The molecule has 4 N–H and O–H groups in total. The Morgan fingerprint density at radius 1 is 1.00 bits per heavy atom. The third kappa shape index (κ3) is 2.91. The Bertz CT molecular complexity index is 159. The second kappa shape index (κ2) is 3.68. The van der Waals surface area contributed by atoms with Gasteiger partial charge >= 0.3 is 0 Å². The Kier molecular flexibility index (Phi) is 3.07. The summed E-state index contributed by atoms with van der Waals surface area (Å²) in [6.45, 7) is 1.59. The summed E-state index contributed by atoms with van der Waals surface area (Å²) in [5, 5.41) is 0. The monoisotopic (exact) mass is 177 g/mol. The van der Waals surface area contributed by atoms with E-state index in [0.717, 1.165) is 25.9 Å². The molecule has 0 aliphatic carbocycles. The molecule has 1 rings (SSSR count). The van der Waals surface area contributed by atoms with Gasteiger partial charge in [0, 0.05) is 13.1 Å². The molecule has 0 saturated carbocycles. The van der Waals surface area contributed by atoms with Crippen LogP contribution < -0.4 is 11.0 Å². The van der Waals surface area contributed by atoms with Crippen molar-refractivity contribution in [2.24, 2.45) is 11.0 Å². The average Bonchev–Trinajstić information content (AvgIpc) is 2.10. The predicted octanol–water partition coefficient (Wildman–Crippen LogP) is 0.888. The Hall–Kier alpha value is 0.110. The molecule has 0 unspecified atom stereocenters. The Labute approximate surface area is 67.5 Å². The molecule has 0 atom stereocenters. The van der Waals surface area contributed by atoms with Crippen molar-refractivity contribution < 1.29 is 4.57 Å². The molecule has 11 heavy (non-hydrogen) atoms. The van der Waals surface area contributed by atoms with E-state index in [1.54, 1.807) is 4.67 Å². The van der Waals surface area contributed by atoms with Gasteiger partial charge in [0.05, 0.1) is 0 Å². The van der Waals surface area contributed by atoms with Crippen molar-refractivity contribution in [3.8, 4) is 0 Å². The summed E-state index contributed by atoms with van der Waals surface area (Å²) in [4.78, 5) is 0. The minimum atomic E-state index is -2.94. The fourth-order valence-corrected chi connectivity index (χ4v) is 2.27. The lowest BCUT2D eigenvalue weighted by Crippen LogP contribution is -2.29. The van der Waals surface area contributed by atoms with Crippen molar-refractivity contribution in [2.45, 2.75) is 25.7 Å². The van der Waals surface area contributed by atoms with E-state index in [0.29, 0.717) is 0 Å². The summed E-state index contributed by atoms with van der Waals surface area (Å²) in [6.07, 6.45) is 4.55. The standard InChI is InChI=1S/C6H16N3OP/c7-11(8,10)9-5-3-1-2-4-6-9/h1-6H2,(H4,7,8,10). The summed E-state index contributed by atoms with van der Waals surface area (Å²) in [7, 11) is -2.94. The van der Waals surface area contributed by atoms with Gasteiger partial charge in [-0.2, -0.15) is 0 Å². The van der Waals surface area contributed by atoms with Crippen molar-refractivity contribution in [2.75, 3.05) is 13.1 Å². The Balaban J connectivity index is 2.49. The third-order valence-electron chi connectivity index (χ3n) is 2.02. The second-order valence-corrected chi connectivity index (χ2v) is 4.95. The largest absolute Gasteiger partial charge is 0.276 e. The fraction of sp³-hybridized carbons (Fsp3) is 1.00. The molecule has 0 aromatic rings. The van der Waals surface area contributed by atoms with Crippen molar-refractivity contribution in [3.05, 3.63) is 0 Å². The SMILES string of the molecule is NP(N)(=O)N1CCCCCC1. The van der Waals surface area contributed by atoms with Gasteiger partial charge in [-0.3, -0.25) is 15.6 Å². The average molecular weight is 177 g/mol. The molecule has 5 heteroatoms. The van der Waals surface area contributed by atoms with Crippen molar-refractivity contribution in [1.29, 1.82) is 0 Å². The number of hydrogen-bond donors (Lipinski definition) is 2. The van der Waals surface area contributed by atoms with Gasteiger partial charge in [0.2, 0.25) is 0 Å². The third-order valence-corrected chi connectivity index (χ3v) is 3.31. The van der Waals surface area contributed by atoms with Gasteiger partial charge < -0.3 is 0 Å². The Morgan fingerprint density at radius 2 is 1.45 bits per heavy atom. The topological polar surface area (TPSA) is 72.3 Å². The van der Waals surface area contributed by atoms with E-state index in [4.69, 9.17) is 11.0 Å². The van der Waals surface area contributed by atoms with Crippen molar-refractivity contribution in [1.82, 2.24) is 4.67 Å². The minimum Gasteiger partial charge on any atom is -0.271 e. The maximum absolute atomic E-state index is 11.2. The Morgan fingerprint density at radius 3 is 1.82 bits per heavy atom. The molecule has 4 nitrogen and oxygen atoms in total. The summed E-state index contributed by atoms with van der Waals surface area (Å²) in [6, 6.07) is 0. The molecule has 0 radical (unpaired) electrons. The van der Waals surface area contributed by atoms with Gasteiger partial charge in [-0.25, -0.2) is 4.67 Å². The number of hydrogen-bond acceptors (Lipinski definition) is 1. The first kappa shape index (κ1) is 9.20. The molecule has 1 aliphatic rings. The highest BCUT2D eigenvalue weighted by Crippen LogP contribution is 2.33. The molecule has 0 bridgehead atoms. The first-order valence-electron chi connectivity index (χ1n) is 4.03. The summed E-state index contributed by atoms with van der Waals surface area (Å²) in [5.41, 5.74) is 10.7. The van der Waals surface area contributed by atoms with Gasteiger partial charge in [-0.15, -0.1) is 0 Å². The van der Waals surface area contributed by atoms with Crippen LogP contribution in [0.15, 0.2) is 0 Å². The number of nitrogens with two attached hydrogens (primary N) is 2. The fourth-order valence-electron chi connectivity index (χ4n) is 1.37. The van der Waals surface area contributed by atoms with E-state index in [1.165, 1.54) is 12.8 Å². The summed E-state index contributed by atoms with van der Waals surface area (Å²) in [5.74, 6) is 0. The molecule has 0 spiro atoms. The van der Waals surface area contributed by atoms with E-state index in [9.17, 15) is 4.57 Å². The quantitative estimate of drug-likeness (QED) is 0.583. The molecule has 0 amide bonds. The minimum absolute atomic E-state index is 0.796. The van der Waals surface area contributed by atoms with E-state index in [-0.39, 0.29) is 0 Å². The van der Waals surface area contributed by atoms with Crippen LogP contribution in [0.4, 0.5) is 0 Å². The zero-order valence-corrected chi connectivity index (χ0v) is 7.59. The normalized spacial score (nSPS) is 23.1. The van der Waals surface area contributed by atoms with E-state index in [2.05, 4.69) is 0 Å². The van der Waals surface area contributed by atoms with Crippen LogP contribution in [0.2, 0.25) is 0 Å². The lowest BCUT2D eigenvalue weighted by atomic mass is 10.2. The van der Waals surface area contributed by atoms with Crippen molar-refractivity contribution in [3.63, 3.8) is 0 Å². The van der Waals surface area contributed by atoms with E-state index in [1.807, 2.05) is 0 Å². The van der Waals surface area contributed by atoms with Crippen LogP contribution in [0.1, 0.15) is 25.7 Å². The summed E-state index contributed by atoms with van der Waals surface area (Å²) < 4.78 is 12.9. The zero-order chi connectivity index (χ0) is 8.32. The molecule has 1 saturated heterocycles. The number of rotatable bonds is 1. The molecule has 1 aliphatic heterocycles. The maximum Gasteiger partial charge on any atom is 0.276 e. The van der Waals surface area contributed by atoms with E-state index < -0.39 is 7.59 Å². The summed E-state index contributed by atoms with van der Waals surface area (Å²) >= 11 is 0. The van der Waals surface area contributed by atoms with Gasteiger partial charge in [-0.1, -0.05) is 12.8 Å². The van der Waals surface area contributed by atoms with Crippen LogP contribution in [0.5, 0.6) is 0 Å². The lowest BCUT2D eigenvalue weighted by molar-refractivity contribution is 0.422. The smallest absolute Gasteiger partial charge is 0.271 e. The van der Waals surface area contributed by atoms with Crippen LogP contribution in [-0.4, -0.2) is 17.8 Å². The molecule has 0 aromatic heterocycles. The molecule has 1 heterocycles. The molecule has 66 valence electrons. The lowest BCUT2D eigenvalue weighted by Gasteiger charge is -2.22. The first-order valence-corrected chi connectivity index (χ1v) is 5.83. The highest BCUT2D eigenvalue weighted by atomic mass is 31.2. The second-order valence-electron chi connectivity index (χ2n) is 3.04. The highest BCUT2D eigenvalue weighted by molar-refractivity contribution is 7.56. The first-order chi connectivity index (χ1) is 5.11. The van der Waals surface area contributed by atoms with Gasteiger partial charge in [0.15, 0.2) is 0 Å². The van der Waals surface area contributed by atoms with Crippen LogP contribution in [-0.2, 0) is 4.57 Å². The van der Waals surface area contributed by atoms with Gasteiger partial charge in [0.1, 0.15) is 0 Å². The van der Waals surface area contributed by atoms with Crippen LogP contribution >= 0.6 is 7.59 Å². The van der Waals surface area contributed by atoms with Gasteiger partial charge in [-0.05, 0) is 12.8 Å². The predicted molar refractivity (Wildman–Crippen MR) is 46.0 cm³/mol. The van der Waals surface area contributed by atoms with Crippen molar-refractivity contribution >= 4 is 7.59 Å². The highest BCUT2D eigenvalue weighted by Gasteiger charge is 2.21. The van der Waals surface area contributed by atoms with Crippen LogP contribution in [0.25, 0.3) is 0 Å². The van der Waals surface area contributed by atoms with Crippen LogP contribution in [0.3, 0.4) is 0 Å². The van der Waals surface area contributed by atoms with Gasteiger partial charge in [0.25, 0.3) is 7.59 Å². The molecular weight excluding hydrogens is 161 g/mol. The zero-order valence-electron chi connectivity index (χ0n) is 6.70. The molecular formula is C6H16N3OP. The molecule has 0 aromatic carbocycles.